The Morgan fingerprint density at radius 2 is 1.04 bits per heavy atom. The van der Waals surface area contributed by atoms with Gasteiger partial charge >= 0.3 is 0 Å². The molecule has 0 radical (unpaired) electrons. The molecule has 138 valence electrons. The summed E-state index contributed by atoms with van der Waals surface area (Å²) in [5.74, 6) is 0.876. The summed E-state index contributed by atoms with van der Waals surface area (Å²) in [4.78, 5) is 11.0. The zero-order valence-corrected chi connectivity index (χ0v) is 18.2. The summed E-state index contributed by atoms with van der Waals surface area (Å²) in [6.07, 6.45) is 21.1. The van der Waals surface area contributed by atoms with Gasteiger partial charge in [-0.05, 0) is 12.3 Å². The van der Waals surface area contributed by atoms with Crippen LogP contribution >= 0.6 is 0 Å². The Morgan fingerprint density at radius 1 is 0.696 bits per heavy atom. The molecule has 0 aromatic carbocycles. The third-order valence-corrected chi connectivity index (χ3v) is 5.10. The molecular weight excluding hydrogens is 300 g/mol. The van der Waals surface area contributed by atoms with Crippen molar-refractivity contribution in [3.8, 4) is 0 Å². The molecule has 0 aromatic heterocycles. The van der Waals surface area contributed by atoms with E-state index in [2.05, 4.69) is 13.8 Å². The van der Waals surface area contributed by atoms with Gasteiger partial charge in [0.15, 0.2) is 0 Å². The third-order valence-electron chi connectivity index (χ3n) is 4.64. The quantitative estimate of drug-likeness (QED) is 0.250. The highest BCUT2D eigenvalue weighted by Gasteiger charge is 1.99. The van der Waals surface area contributed by atoms with Gasteiger partial charge in [0.2, 0.25) is 10.5 Å². The van der Waals surface area contributed by atoms with Gasteiger partial charge in [-0.2, -0.15) is 0 Å². The number of carbonyl (C=O) groups is 1. The van der Waals surface area contributed by atoms with Crippen LogP contribution < -0.4 is 0 Å². The Morgan fingerprint density at radius 3 is 1.39 bits per heavy atom. The average Bonchev–Trinajstić information content (AvgIpc) is 2.53. The lowest BCUT2D eigenvalue weighted by Crippen LogP contribution is -2.00. The second kappa shape index (κ2) is 18.0. The van der Waals surface area contributed by atoms with Crippen LogP contribution in [-0.4, -0.2) is 16.5 Å². The van der Waals surface area contributed by atoms with E-state index in [0.717, 1.165) is 12.3 Å². The average molecular weight is 343 g/mol. The van der Waals surface area contributed by atoms with Crippen LogP contribution in [0, 0.1) is 5.92 Å². The molecule has 0 bridgehead atoms. The molecule has 0 amide bonds. The van der Waals surface area contributed by atoms with Crippen LogP contribution in [0.5, 0.6) is 0 Å². The standard InChI is InChI=1S/C20H42O2Si/c1-19(2)17-15-13-11-9-7-5-3-4-6-8-10-12-14-16-18-20(21)22-23/h19H,3-18H2,1-2,23H3. The van der Waals surface area contributed by atoms with Crippen molar-refractivity contribution in [1.82, 2.24) is 0 Å². The number of rotatable bonds is 17. The van der Waals surface area contributed by atoms with E-state index in [4.69, 9.17) is 4.43 Å². The van der Waals surface area contributed by atoms with Crippen molar-refractivity contribution in [2.75, 3.05) is 0 Å². The summed E-state index contributed by atoms with van der Waals surface area (Å²) >= 11 is 0. The highest BCUT2D eigenvalue weighted by molar-refractivity contribution is 6.05. The molecule has 23 heavy (non-hydrogen) atoms. The first-order chi connectivity index (χ1) is 11.2. The van der Waals surface area contributed by atoms with Gasteiger partial charge in [-0.1, -0.05) is 104 Å². The summed E-state index contributed by atoms with van der Waals surface area (Å²) in [5, 5.41) is 0. The molecule has 0 atom stereocenters. The fourth-order valence-electron chi connectivity index (χ4n) is 3.05. The van der Waals surface area contributed by atoms with E-state index >= 15 is 0 Å². The SMILES string of the molecule is CC(C)CCCCCCCCCCCCCCCCC(=O)O[SiH3]. The predicted molar refractivity (Wildman–Crippen MR) is 105 cm³/mol. The lowest BCUT2D eigenvalue weighted by molar-refractivity contribution is -0.134. The van der Waals surface area contributed by atoms with E-state index in [9.17, 15) is 4.79 Å². The molecule has 0 heterocycles. The maximum Gasteiger partial charge on any atom is 0.291 e. The van der Waals surface area contributed by atoms with Crippen LogP contribution in [0.1, 0.15) is 117 Å². The third kappa shape index (κ3) is 19.6. The molecule has 0 N–H and O–H groups in total. The van der Waals surface area contributed by atoms with E-state index in [-0.39, 0.29) is 5.97 Å². The van der Waals surface area contributed by atoms with Crippen LogP contribution in [0.4, 0.5) is 0 Å². The lowest BCUT2D eigenvalue weighted by Gasteiger charge is -2.05. The minimum Gasteiger partial charge on any atom is -0.529 e. The number of carbonyl (C=O) groups excluding carboxylic acids is 1. The monoisotopic (exact) mass is 342 g/mol. The number of unbranched alkanes of at least 4 members (excludes halogenated alkanes) is 13. The molecule has 0 saturated heterocycles. The Bertz CT molecular complexity index is 254. The predicted octanol–water partition coefficient (Wildman–Crippen LogP) is 5.71. The molecule has 0 spiro atoms. The van der Waals surface area contributed by atoms with E-state index in [1.165, 1.54) is 89.9 Å². The topological polar surface area (TPSA) is 26.3 Å². The van der Waals surface area contributed by atoms with Crippen molar-refractivity contribution in [2.24, 2.45) is 5.92 Å². The van der Waals surface area contributed by atoms with Gasteiger partial charge in [0, 0.05) is 6.42 Å². The van der Waals surface area contributed by atoms with Crippen LogP contribution in [-0.2, 0) is 9.22 Å². The van der Waals surface area contributed by atoms with Gasteiger partial charge in [0.25, 0.3) is 5.97 Å². The highest BCUT2D eigenvalue weighted by Crippen LogP contribution is 2.14. The minimum atomic E-state index is -0.00316. The molecule has 0 fully saturated rings. The number of hydrogen-bond donors (Lipinski definition) is 0. The van der Waals surface area contributed by atoms with Gasteiger partial charge in [-0.25, -0.2) is 0 Å². The smallest absolute Gasteiger partial charge is 0.291 e. The Balaban J connectivity index is 3.01. The Labute approximate surface area is 148 Å². The largest absolute Gasteiger partial charge is 0.529 e. The molecule has 0 aliphatic rings. The first-order valence-electron chi connectivity index (χ1n) is 10.2. The number of hydrogen-bond acceptors (Lipinski definition) is 2. The van der Waals surface area contributed by atoms with Crippen molar-refractivity contribution in [1.29, 1.82) is 0 Å². The maximum atomic E-state index is 11.0. The maximum absolute atomic E-state index is 11.0. The summed E-state index contributed by atoms with van der Waals surface area (Å²) in [6.45, 7) is 4.65. The van der Waals surface area contributed by atoms with Gasteiger partial charge in [-0.3, -0.25) is 4.79 Å². The first kappa shape index (κ1) is 22.7. The van der Waals surface area contributed by atoms with Crippen molar-refractivity contribution in [2.45, 2.75) is 117 Å². The van der Waals surface area contributed by atoms with E-state index in [1.54, 1.807) is 0 Å². The van der Waals surface area contributed by atoms with Crippen LogP contribution in [0.15, 0.2) is 0 Å². The van der Waals surface area contributed by atoms with E-state index in [0.29, 0.717) is 16.9 Å². The fraction of sp³-hybridized carbons (Fsp3) is 0.950. The summed E-state index contributed by atoms with van der Waals surface area (Å²) in [7, 11) is 0.543. The second-order valence-electron chi connectivity index (χ2n) is 7.46. The van der Waals surface area contributed by atoms with Crippen molar-refractivity contribution >= 4 is 16.5 Å². The molecule has 0 aliphatic heterocycles. The minimum absolute atomic E-state index is 0.00316. The molecule has 2 nitrogen and oxygen atoms in total. The summed E-state index contributed by atoms with van der Waals surface area (Å²) in [5.41, 5.74) is 0. The summed E-state index contributed by atoms with van der Waals surface area (Å²) < 4.78 is 4.78. The Hall–Kier alpha value is -0.313. The van der Waals surface area contributed by atoms with E-state index < -0.39 is 0 Å². The van der Waals surface area contributed by atoms with Gasteiger partial charge < -0.3 is 4.43 Å². The zero-order chi connectivity index (χ0) is 17.2. The molecule has 0 saturated carbocycles. The highest BCUT2D eigenvalue weighted by atomic mass is 28.2. The molecule has 0 unspecified atom stereocenters. The van der Waals surface area contributed by atoms with Crippen LogP contribution in [0.2, 0.25) is 0 Å². The van der Waals surface area contributed by atoms with Crippen LogP contribution in [0.3, 0.4) is 0 Å². The van der Waals surface area contributed by atoms with Gasteiger partial charge in [0.1, 0.15) is 0 Å². The van der Waals surface area contributed by atoms with Crippen LogP contribution in [0.25, 0.3) is 0 Å². The van der Waals surface area contributed by atoms with Crippen molar-refractivity contribution < 1.29 is 9.22 Å². The molecule has 0 rings (SSSR count). The lowest BCUT2D eigenvalue weighted by atomic mass is 10.0. The second-order valence-corrected chi connectivity index (χ2v) is 7.87. The first-order valence-corrected chi connectivity index (χ1v) is 11.0. The molecular formula is C20H42O2Si. The van der Waals surface area contributed by atoms with Crippen molar-refractivity contribution in [3.05, 3.63) is 0 Å². The van der Waals surface area contributed by atoms with E-state index in [1.807, 2.05) is 0 Å². The fourth-order valence-corrected chi connectivity index (χ4v) is 3.25. The van der Waals surface area contributed by atoms with Gasteiger partial charge in [-0.15, -0.1) is 0 Å². The molecule has 3 heteroatoms. The zero-order valence-electron chi connectivity index (χ0n) is 16.2. The van der Waals surface area contributed by atoms with Gasteiger partial charge in [0.05, 0.1) is 0 Å². The molecule has 0 aromatic rings. The summed E-state index contributed by atoms with van der Waals surface area (Å²) in [6, 6.07) is 0. The Kier molecular flexibility index (Phi) is 17.8. The molecule has 0 aliphatic carbocycles. The normalized spacial score (nSPS) is 11.3. The van der Waals surface area contributed by atoms with Crippen molar-refractivity contribution in [3.63, 3.8) is 0 Å².